The highest BCUT2D eigenvalue weighted by atomic mass is 35.5. The summed E-state index contributed by atoms with van der Waals surface area (Å²) in [6.07, 6.45) is 0. The van der Waals surface area contributed by atoms with Crippen molar-refractivity contribution in [1.82, 2.24) is 5.32 Å². The van der Waals surface area contributed by atoms with Crippen LogP contribution in [-0.4, -0.2) is 43.3 Å². The maximum Gasteiger partial charge on any atom is 0.313 e. The molecule has 0 radical (unpaired) electrons. The van der Waals surface area contributed by atoms with Gasteiger partial charge in [-0.3, -0.25) is 9.59 Å². The molecule has 7 heteroatoms. The van der Waals surface area contributed by atoms with Crippen LogP contribution in [0.25, 0.3) is 0 Å². The molecule has 6 nitrogen and oxygen atoms in total. The number of nitrogens with one attached hydrogen (secondary N) is 2. The number of benzene rings is 1. The number of halogens is 1. The molecular weight excluding hydrogens is 284 g/mol. The van der Waals surface area contributed by atoms with Crippen LogP contribution in [0, 0.1) is 6.92 Å². The van der Waals surface area contributed by atoms with E-state index in [1.165, 1.54) is 0 Å². The summed E-state index contributed by atoms with van der Waals surface area (Å²) < 4.78 is 4.95. The number of amides is 2. The molecular formula is C13H17ClN2O4. The van der Waals surface area contributed by atoms with Crippen molar-refractivity contribution in [3.05, 3.63) is 28.8 Å². The molecule has 110 valence electrons. The lowest BCUT2D eigenvalue weighted by atomic mass is 10.2. The van der Waals surface area contributed by atoms with Gasteiger partial charge in [0.05, 0.1) is 19.8 Å². The highest BCUT2D eigenvalue weighted by Crippen LogP contribution is 2.22. The second-order valence-corrected chi connectivity index (χ2v) is 4.37. The van der Waals surface area contributed by atoms with Gasteiger partial charge in [0.25, 0.3) is 0 Å². The summed E-state index contributed by atoms with van der Waals surface area (Å²) in [5.41, 5.74) is 1.19. The first-order chi connectivity index (χ1) is 9.56. The van der Waals surface area contributed by atoms with Crippen molar-refractivity contribution in [3.8, 4) is 0 Å². The van der Waals surface area contributed by atoms with E-state index in [0.29, 0.717) is 16.3 Å². The molecule has 0 fully saturated rings. The third-order valence-corrected chi connectivity index (χ3v) is 2.90. The Labute approximate surface area is 122 Å². The molecule has 0 aliphatic carbocycles. The molecule has 0 spiro atoms. The molecule has 0 atom stereocenters. The first kappa shape index (κ1) is 16.4. The molecule has 0 aliphatic heterocycles. The Morgan fingerprint density at radius 1 is 1.30 bits per heavy atom. The van der Waals surface area contributed by atoms with Crippen LogP contribution >= 0.6 is 11.6 Å². The van der Waals surface area contributed by atoms with Gasteiger partial charge in [0.1, 0.15) is 0 Å². The van der Waals surface area contributed by atoms with Crippen molar-refractivity contribution in [2.45, 2.75) is 6.92 Å². The van der Waals surface area contributed by atoms with Gasteiger partial charge in [-0.15, -0.1) is 0 Å². The molecule has 20 heavy (non-hydrogen) atoms. The lowest BCUT2D eigenvalue weighted by Gasteiger charge is -2.09. The van der Waals surface area contributed by atoms with Gasteiger partial charge in [0.2, 0.25) is 0 Å². The van der Waals surface area contributed by atoms with Crippen LogP contribution in [0.1, 0.15) is 5.56 Å². The quantitative estimate of drug-likeness (QED) is 0.533. The highest BCUT2D eigenvalue weighted by Gasteiger charge is 2.14. The molecule has 1 aromatic rings. The molecule has 0 unspecified atom stereocenters. The number of hydrogen-bond donors (Lipinski definition) is 3. The first-order valence-electron chi connectivity index (χ1n) is 6.09. The second kappa shape index (κ2) is 8.52. The van der Waals surface area contributed by atoms with Gasteiger partial charge in [-0.2, -0.15) is 0 Å². The molecule has 0 heterocycles. The van der Waals surface area contributed by atoms with Crippen molar-refractivity contribution in [2.24, 2.45) is 0 Å². The molecule has 0 aromatic heterocycles. The van der Waals surface area contributed by atoms with E-state index >= 15 is 0 Å². The lowest BCUT2D eigenvalue weighted by molar-refractivity contribution is -0.136. The summed E-state index contributed by atoms with van der Waals surface area (Å²) in [5, 5.41) is 13.9. The fraction of sp³-hybridized carbons (Fsp3) is 0.385. The average Bonchev–Trinajstić information content (AvgIpc) is 2.43. The van der Waals surface area contributed by atoms with Gasteiger partial charge in [0, 0.05) is 17.3 Å². The maximum absolute atomic E-state index is 11.6. The van der Waals surface area contributed by atoms with E-state index in [1.807, 2.05) is 0 Å². The number of carbonyl (C=O) groups excluding carboxylic acids is 2. The molecule has 3 N–H and O–H groups in total. The minimum Gasteiger partial charge on any atom is -0.394 e. The maximum atomic E-state index is 11.6. The fourth-order valence-corrected chi connectivity index (χ4v) is 1.58. The molecule has 1 rings (SSSR count). The zero-order chi connectivity index (χ0) is 15.0. The number of ether oxygens (including phenoxy) is 1. The fourth-order valence-electron chi connectivity index (χ4n) is 1.41. The second-order valence-electron chi connectivity index (χ2n) is 3.96. The minimum absolute atomic E-state index is 0.0809. The third kappa shape index (κ3) is 5.16. The molecule has 0 saturated heterocycles. The van der Waals surface area contributed by atoms with Gasteiger partial charge in [-0.25, -0.2) is 0 Å². The van der Waals surface area contributed by atoms with E-state index in [1.54, 1.807) is 25.1 Å². The number of carbonyl (C=O) groups is 2. The van der Waals surface area contributed by atoms with E-state index in [2.05, 4.69) is 10.6 Å². The number of hydrogen-bond acceptors (Lipinski definition) is 4. The Balaban J connectivity index is 2.42. The van der Waals surface area contributed by atoms with Crippen molar-refractivity contribution in [2.75, 3.05) is 31.7 Å². The number of rotatable bonds is 6. The smallest absolute Gasteiger partial charge is 0.313 e. The van der Waals surface area contributed by atoms with Crippen LogP contribution in [-0.2, 0) is 14.3 Å². The van der Waals surface area contributed by atoms with Crippen LogP contribution in [0.3, 0.4) is 0 Å². The van der Waals surface area contributed by atoms with E-state index in [4.69, 9.17) is 21.4 Å². The van der Waals surface area contributed by atoms with Crippen LogP contribution < -0.4 is 10.6 Å². The van der Waals surface area contributed by atoms with Gasteiger partial charge in [-0.05, 0) is 24.6 Å². The van der Waals surface area contributed by atoms with Gasteiger partial charge in [0.15, 0.2) is 0 Å². The monoisotopic (exact) mass is 300 g/mol. The Morgan fingerprint density at radius 3 is 2.75 bits per heavy atom. The third-order valence-electron chi connectivity index (χ3n) is 2.49. The molecule has 1 aromatic carbocycles. The number of aliphatic hydroxyl groups is 1. The standard InChI is InChI=1S/C13H17ClN2O4/c1-9-10(14)3-2-4-11(9)16-13(19)12(18)15-5-7-20-8-6-17/h2-4,17H,5-8H2,1H3,(H,15,18)(H,16,19). The van der Waals surface area contributed by atoms with Gasteiger partial charge < -0.3 is 20.5 Å². The summed E-state index contributed by atoms with van der Waals surface area (Å²) >= 11 is 5.92. The van der Waals surface area contributed by atoms with E-state index in [-0.39, 0.29) is 26.4 Å². The minimum atomic E-state index is -0.766. The predicted molar refractivity (Wildman–Crippen MR) is 75.7 cm³/mol. The van der Waals surface area contributed by atoms with E-state index in [9.17, 15) is 9.59 Å². The summed E-state index contributed by atoms with van der Waals surface area (Å²) in [4.78, 5) is 23.2. The van der Waals surface area contributed by atoms with Crippen molar-refractivity contribution >= 4 is 29.1 Å². The topological polar surface area (TPSA) is 87.7 Å². The molecule has 0 aliphatic rings. The normalized spacial score (nSPS) is 10.2. The van der Waals surface area contributed by atoms with Crippen LogP contribution in [0.2, 0.25) is 5.02 Å². The molecule has 0 bridgehead atoms. The SMILES string of the molecule is Cc1c(Cl)cccc1NC(=O)C(=O)NCCOCCO. The average molecular weight is 301 g/mol. The zero-order valence-corrected chi connectivity index (χ0v) is 11.9. The van der Waals surface area contributed by atoms with Crippen LogP contribution in [0.4, 0.5) is 5.69 Å². The van der Waals surface area contributed by atoms with E-state index < -0.39 is 11.8 Å². The Hall–Kier alpha value is -1.63. The largest absolute Gasteiger partial charge is 0.394 e. The van der Waals surface area contributed by atoms with Crippen LogP contribution in [0.15, 0.2) is 18.2 Å². The van der Waals surface area contributed by atoms with Crippen molar-refractivity contribution in [3.63, 3.8) is 0 Å². The summed E-state index contributed by atoms with van der Waals surface area (Å²) in [7, 11) is 0. The summed E-state index contributed by atoms with van der Waals surface area (Å²) in [6.45, 7) is 2.29. The molecule has 0 saturated carbocycles. The summed E-state index contributed by atoms with van der Waals surface area (Å²) in [5.74, 6) is -1.52. The van der Waals surface area contributed by atoms with Gasteiger partial charge in [-0.1, -0.05) is 17.7 Å². The number of anilines is 1. The Bertz CT molecular complexity index is 479. The Kier molecular flexibility index (Phi) is 7.00. The summed E-state index contributed by atoms with van der Waals surface area (Å²) in [6, 6.07) is 5.05. The van der Waals surface area contributed by atoms with Crippen molar-refractivity contribution < 1.29 is 19.4 Å². The molecule has 2 amide bonds. The van der Waals surface area contributed by atoms with Crippen LogP contribution in [0.5, 0.6) is 0 Å². The van der Waals surface area contributed by atoms with Gasteiger partial charge >= 0.3 is 11.8 Å². The Morgan fingerprint density at radius 2 is 2.05 bits per heavy atom. The first-order valence-corrected chi connectivity index (χ1v) is 6.47. The van der Waals surface area contributed by atoms with E-state index in [0.717, 1.165) is 0 Å². The highest BCUT2D eigenvalue weighted by molar-refractivity contribution is 6.40. The predicted octanol–water partition coefficient (Wildman–Crippen LogP) is 0.712. The number of aliphatic hydroxyl groups excluding tert-OH is 1. The van der Waals surface area contributed by atoms with Crippen molar-refractivity contribution in [1.29, 1.82) is 0 Å². The lowest BCUT2D eigenvalue weighted by Crippen LogP contribution is -2.37. The zero-order valence-electron chi connectivity index (χ0n) is 11.1.